The Kier molecular flexibility index (Phi) is 43.1. The van der Waals surface area contributed by atoms with E-state index in [-0.39, 0.29) is 18.9 Å². The van der Waals surface area contributed by atoms with Crippen molar-refractivity contribution in [3.8, 4) is 0 Å². The maximum atomic E-state index is 12.4. The molecule has 318 valence electrons. The third kappa shape index (κ3) is 40.2. The number of nitrogens with one attached hydrogen (secondary N) is 1. The van der Waals surface area contributed by atoms with Crippen LogP contribution in [0.5, 0.6) is 0 Å². The molecule has 0 aliphatic carbocycles. The SMILES string of the molecule is CCCCCCCC/C=C/CC/C=C/CC/C=C/C(O)C(CO)NC(=O)CC(O)CCCCCCCCCCCCCCCCCCCCCCCCC. The van der Waals surface area contributed by atoms with Gasteiger partial charge in [0.1, 0.15) is 0 Å². The van der Waals surface area contributed by atoms with Crippen molar-refractivity contribution in [3.63, 3.8) is 0 Å². The lowest BCUT2D eigenvalue weighted by Gasteiger charge is -2.21. The molecule has 0 heterocycles. The lowest BCUT2D eigenvalue weighted by Crippen LogP contribution is -2.45. The van der Waals surface area contributed by atoms with E-state index in [1.807, 2.05) is 6.08 Å². The molecule has 3 atom stereocenters. The lowest BCUT2D eigenvalue weighted by atomic mass is 10.0. The average Bonchev–Trinajstić information content (AvgIpc) is 3.16. The molecule has 0 radical (unpaired) electrons. The first-order chi connectivity index (χ1) is 26.5. The first kappa shape index (κ1) is 52.6. The smallest absolute Gasteiger partial charge is 0.222 e. The van der Waals surface area contributed by atoms with Crippen molar-refractivity contribution in [1.82, 2.24) is 5.32 Å². The van der Waals surface area contributed by atoms with Crippen LogP contribution in [0.4, 0.5) is 0 Å². The fourth-order valence-corrected chi connectivity index (χ4v) is 7.25. The summed E-state index contributed by atoms with van der Waals surface area (Å²) in [6.07, 6.45) is 55.9. The molecule has 0 rings (SSSR count). The van der Waals surface area contributed by atoms with Gasteiger partial charge in [0.05, 0.1) is 31.3 Å². The molecule has 0 aromatic rings. The Bertz CT molecular complexity index is 840. The molecule has 0 fully saturated rings. The molecule has 0 aliphatic heterocycles. The molecule has 0 saturated carbocycles. The van der Waals surface area contributed by atoms with E-state index in [0.717, 1.165) is 38.5 Å². The van der Waals surface area contributed by atoms with Gasteiger partial charge in [-0.05, 0) is 44.9 Å². The van der Waals surface area contributed by atoms with Gasteiger partial charge >= 0.3 is 0 Å². The van der Waals surface area contributed by atoms with Crippen LogP contribution in [-0.2, 0) is 4.79 Å². The number of amides is 1. The van der Waals surface area contributed by atoms with Crippen LogP contribution >= 0.6 is 0 Å². The van der Waals surface area contributed by atoms with Gasteiger partial charge in [-0.25, -0.2) is 0 Å². The van der Waals surface area contributed by atoms with Gasteiger partial charge in [-0.1, -0.05) is 230 Å². The average molecular weight is 760 g/mol. The van der Waals surface area contributed by atoms with Gasteiger partial charge in [0.25, 0.3) is 0 Å². The normalized spacial score (nSPS) is 13.8. The summed E-state index contributed by atoms with van der Waals surface area (Å²) in [5.74, 6) is -0.327. The Hall–Kier alpha value is -1.43. The third-order valence-electron chi connectivity index (χ3n) is 10.9. The van der Waals surface area contributed by atoms with E-state index in [9.17, 15) is 20.1 Å². The molecule has 1 amide bonds. The number of hydrogen-bond acceptors (Lipinski definition) is 4. The molecular weight excluding hydrogens is 667 g/mol. The second-order valence-electron chi connectivity index (χ2n) is 16.4. The summed E-state index contributed by atoms with van der Waals surface area (Å²) in [5, 5.41) is 33.2. The van der Waals surface area contributed by atoms with Crippen molar-refractivity contribution in [2.45, 2.75) is 263 Å². The second kappa shape index (κ2) is 44.3. The molecule has 0 aliphatic rings. The highest BCUT2D eigenvalue weighted by Gasteiger charge is 2.20. The minimum atomic E-state index is -0.957. The molecule has 0 bridgehead atoms. The van der Waals surface area contributed by atoms with Crippen LogP contribution in [0.25, 0.3) is 0 Å². The van der Waals surface area contributed by atoms with Gasteiger partial charge in [0.2, 0.25) is 5.91 Å². The minimum Gasteiger partial charge on any atom is -0.394 e. The Balaban J connectivity index is 3.64. The van der Waals surface area contributed by atoms with Gasteiger partial charge in [0, 0.05) is 0 Å². The second-order valence-corrected chi connectivity index (χ2v) is 16.4. The third-order valence-corrected chi connectivity index (χ3v) is 10.9. The van der Waals surface area contributed by atoms with Gasteiger partial charge in [-0.15, -0.1) is 0 Å². The first-order valence-corrected chi connectivity index (χ1v) is 23.8. The quantitative estimate of drug-likeness (QED) is 0.0368. The van der Waals surface area contributed by atoms with Gasteiger partial charge in [-0.2, -0.15) is 0 Å². The molecule has 0 aromatic heterocycles. The fourth-order valence-electron chi connectivity index (χ4n) is 7.25. The summed E-state index contributed by atoms with van der Waals surface area (Å²) < 4.78 is 0. The van der Waals surface area contributed by atoms with Crippen LogP contribution in [0.15, 0.2) is 36.5 Å². The Morgan fingerprint density at radius 3 is 1.19 bits per heavy atom. The van der Waals surface area contributed by atoms with E-state index in [1.165, 1.54) is 180 Å². The largest absolute Gasteiger partial charge is 0.394 e. The zero-order chi connectivity index (χ0) is 39.4. The van der Waals surface area contributed by atoms with Crippen molar-refractivity contribution in [3.05, 3.63) is 36.5 Å². The van der Waals surface area contributed by atoms with E-state index in [0.29, 0.717) is 6.42 Å². The summed E-state index contributed by atoms with van der Waals surface area (Å²) in [4.78, 5) is 12.4. The number of aliphatic hydroxyl groups is 3. The number of allylic oxidation sites excluding steroid dienone is 5. The predicted octanol–water partition coefficient (Wildman–Crippen LogP) is 13.9. The number of rotatable bonds is 43. The Labute approximate surface area is 336 Å². The van der Waals surface area contributed by atoms with Crippen molar-refractivity contribution in [2.24, 2.45) is 0 Å². The van der Waals surface area contributed by atoms with E-state index in [2.05, 4.69) is 43.5 Å². The molecule has 3 unspecified atom stereocenters. The Morgan fingerprint density at radius 1 is 0.463 bits per heavy atom. The summed E-state index contributed by atoms with van der Waals surface area (Å²) in [5.41, 5.74) is 0. The van der Waals surface area contributed by atoms with E-state index in [1.54, 1.807) is 6.08 Å². The minimum absolute atomic E-state index is 0.00523. The van der Waals surface area contributed by atoms with Crippen LogP contribution in [0, 0.1) is 0 Å². The molecule has 5 nitrogen and oxygen atoms in total. The van der Waals surface area contributed by atoms with Crippen molar-refractivity contribution in [1.29, 1.82) is 0 Å². The molecule has 0 spiro atoms. The van der Waals surface area contributed by atoms with Crippen LogP contribution in [-0.4, -0.2) is 46.1 Å². The number of carbonyl (C=O) groups is 1. The van der Waals surface area contributed by atoms with Crippen LogP contribution in [0.3, 0.4) is 0 Å². The van der Waals surface area contributed by atoms with E-state index < -0.39 is 18.2 Å². The molecule has 54 heavy (non-hydrogen) atoms. The molecule has 0 saturated heterocycles. The highest BCUT2D eigenvalue weighted by atomic mass is 16.3. The van der Waals surface area contributed by atoms with E-state index >= 15 is 0 Å². The number of carbonyl (C=O) groups excluding carboxylic acids is 1. The fraction of sp³-hybridized carbons (Fsp3) is 0.857. The topological polar surface area (TPSA) is 89.8 Å². The maximum Gasteiger partial charge on any atom is 0.222 e. The summed E-state index contributed by atoms with van der Waals surface area (Å²) in [7, 11) is 0. The highest BCUT2D eigenvalue weighted by molar-refractivity contribution is 5.76. The number of aliphatic hydroxyl groups excluding tert-OH is 3. The molecule has 4 N–H and O–H groups in total. The maximum absolute atomic E-state index is 12.4. The summed E-state index contributed by atoms with van der Waals surface area (Å²) >= 11 is 0. The molecule has 5 heteroatoms. The summed E-state index contributed by atoms with van der Waals surface area (Å²) in [6.45, 7) is 4.20. The lowest BCUT2D eigenvalue weighted by molar-refractivity contribution is -0.124. The zero-order valence-corrected chi connectivity index (χ0v) is 36.1. The van der Waals surface area contributed by atoms with Gasteiger partial charge in [-0.3, -0.25) is 4.79 Å². The van der Waals surface area contributed by atoms with Crippen molar-refractivity contribution < 1.29 is 20.1 Å². The number of hydrogen-bond donors (Lipinski definition) is 4. The highest BCUT2D eigenvalue weighted by Crippen LogP contribution is 2.16. The summed E-state index contributed by atoms with van der Waals surface area (Å²) in [6, 6.07) is -0.765. The Morgan fingerprint density at radius 2 is 0.796 bits per heavy atom. The zero-order valence-electron chi connectivity index (χ0n) is 36.1. The van der Waals surface area contributed by atoms with Crippen molar-refractivity contribution in [2.75, 3.05) is 6.61 Å². The van der Waals surface area contributed by atoms with Crippen LogP contribution in [0.2, 0.25) is 0 Å². The van der Waals surface area contributed by atoms with Crippen LogP contribution in [0.1, 0.15) is 245 Å². The van der Waals surface area contributed by atoms with Crippen LogP contribution < -0.4 is 5.32 Å². The van der Waals surface area contributed by atoms with Gasteiger partial charge < -0.3 is 20.6 Å². The monoisotopic (exact) mass is 760 g/mol. The number of unbranched alkanes of at least 4 members (excludes halogenated alkanes) is 30. The molecular formula is C49H93NO4. The van der Waals surface area contributed by atoms with Gasteiger partial charge in [0.15, 0.2) is 0 Å². The van der Waals surface area contributed by atoms with Crippen molar-refractivity contribution >= 4 is 5.91 Å². The predicted molar refractivity (Wildman–Crippen MR) is 236 cm³/mol. The standard InChI is InChI=1S/C49H93NO4/c1-3-5-7-9-11-13-15-17-19-21-22-23-24-25-26-27-28-30-32-34-36-38-40-42-46(52)44-49(54)50-47(45-51)48(53)43-41-39-37-35-33-31-29-20-18-16-14-12-10-8-6-4-2/h18,20,33,35,41,43,46-48,51-53H,3-17,19,21-32,34,36-40,42,44-45H2,1-2H3,(H,50,54)/b20-18+,35-33+,43-41+. The van der Waals surface area contributed by atoms with E-state index in [4.69, 9.17) is 0 Å². The molecule has 0 aromatic carbocycles. The first-order valence-electron chi connectivity index (χ1n) is 23.8.